The lowest BCUT2D eigenvalue weighted by atomic mass is 10.2. The molecule has 33 heavy (non-hydrogen) atoms. The minimum atomic E-state index is -0.534. The zero-order chi connectivity index (χ0) is 23.2. The fraction of sp³-hybridized carbons (Fsp3) is 0.0417. The molecule has 0 saturated carbocycles. The average molecular weight is 544 g/mol. The van der Waals surface area contributed by atoms with Crippen molar-refractivity contribution in [2.75, 3.05) is 6.61 Å². The van der Waals surface area contributed by atoms with Crippen molar-refractivity contribution < 1.29 is 19.1 Å². The van der Waals surface area contributed by atoms with Gasteiger partial charge in [0, 0.05) is 14.6 Å². The Morgan fingerprint density at radius 1 is 1.03 bits per heavy atom. The van der Waals surface area contributed by atoms with Crippen molar-refractivity contribution >= 4 is 67.0 Å². The lowest BCUT2D eigenvalue weighted by Crippen LogP contribution is -2.24. The van der Waals surface area contributed by atoms with E-state index in [2.05, 4.69) is 26.5 Å². The summed E-state index contributed by atoms with van der Waals surface area (Å²) in [5.74, 6) is -0.0416. The van der Waals surface area contributed by atoms with Crippen LogP contribution in [0.3, 0.4) is 0 Å². The zero-order valence-corrected chi connectivity index (χ0v) is 20.1. The maximum absolute atomic E-state index is 12.6. The van der Waals surface area contributed by atoms with Gasteiger partial charge in [-0.2, -0.15) is 5.10 Å². The van der Waals surface area contributed by atoms with Crippen LogP contribution in [0.25, 0.3) is 10.1 Å². The third kappa shape index (κ3) is 5.98. The Morgan fingerprint density at radius 2 is 1.82 bits per heavy atom. The molecule has 1 N–H and O–H groups in total. The van der Waals surface area contributed by atoms with Crippen molar-refractivity contribution in [2.45, 2.75) is 0 Å². The summed E-state index contributed by atoms with van der Waals surface area (Å²) in [6.45, 7) is -0.179. The lowest BCUT2D eigenvalue weighted by Gasteiger charge is -2.05. The highest BCUT2D eigenvalue weighted by molar-refractivity contribution is 9.10. The Bertz CT molecular complexity index is 1360. The molecule has 0 radical (unpaired) electrons. The standard InChI is InChI=1S/C24H16BrClN2O4S/c25-16-6-4-7-17(12-16)31-14-21(29)28-27-13-15-5-3-8-18(11-15)32-24(30)23-22(26)19-9-1-2-10-20(19)33-23/h1-13H,14H2,(H,28,29)/b27-13+. The largest absolute Gasteiger partial charge is 0.484 e. The van der Waals surface area contributed by atoms with E-state index in [1.165, 1.54) is 17.6 Å². The summed E-state index contributed by atoms with van der Waals surface area (Å²) in [7, 11) is 0. The third-order valence-electron chi connectivity index (χ3n) is 4.36. The van der Waals surface area contributed by atoms with Gasteiger partial charge in [-0.25, -0.2) is 10.2 Å². The second-order valence-corrected chi connectivity index (χ2v) is 9.09. The number of rotatable bonds is 7. The molecule has 0 saturated heterocycles. The quantitative estimate of drug-likeness (QED) is 0.133. The Morgan fingerprint density at radius 3 is 2.64 bits per heavy atom. The molecule has 0 atom stereocenters. The van der Waals surface area contributed by atoms with Gasteiger partial charge in [0.05, 0.1) is 11.2 Å². The molecule has 1 heterocycles. The molecule has 0 aliphatic heterocycles. The normalized spacial score (nSPS) is 11.0. The number of hydrazone groups is 1. The van der Waals surface area contributed by atoms with Crippen LogP contribution in [0.4, 0.5) is 0 Å². The van der Waals surface area contributed by atoms with Crippen molar-refractivity contribution in [1.29, 1.82) is 0 Å². The van der Waals surface area contributed by atoms with Crippen LogP contribution in [-0.2, 0) is 4.79 Å². The van der Waals surface area contributed by atoms with Gasteiger partial charge >= 0.3 is 5.97 Å². The highest BCUT2D eigenvalue weighted by Crippen LogP contribution is 2.35. The van der Waals surface area contributed by atoms with Crippen LogP contribution >= 0.6 is 38.9 Å². The topological polar surface area (TPSA) is 77.0 Å². The van der Waals surface area contributed by atoms with Crippen LogP contribution in [0, 0.1) is 0 Å². The Labute approximate surface area is 206 Å². The molecule has 4 rings (SSSR count). The van der Waals surface area contributed by atoms with E-state index >= 15 is 0 Å². The number of nitrogens with zero attached hydrogens (tertiary/aromatic N) is 1. The number of fused-ring (bicyclic) bond motifs is 1. The molecule has 0 bridgehead atoms. The molecule has 3 aromatic carbocycles. The van der Waals surface area contributed by atoms with Crippen molar-refractivity contribution in [2.24, 2.45) is 5.10 Å². The van der Waals surface area contributed by atoms with Crippen LogP contribution in [0.2, 0.25) is 5.02 Å². The monoisotopic (exact) mass is 542 g/mol. The van der Waals surface area contributed by atoms with Crippen molar-refractivity contribution in [3.63, 3.8) is 0 Å². The van der Waals surface area contributed by atoms with Crippen molar-refractivity contribution in [1.82, 2.24) is 5.43 Å². The number of esters is 1. The van der Waals surface area contributed by atoms with Crippen molar-refractivity contribution in [3.8, 4) is 11.5 Å². The first-order valence-corrected chi connectivity index (χ1v) is 11.7. The summed E-state index contributed by atoms with van der Waals surface area (Å²) in [4.78, 5) is 24.9. The van der Waals surface area contributed by atoms with Crippen LogP contribution in [0.5, 0.6) is 11.5 Å². The number of hydrogen-bond donors (Lipinski definition) is 1. The van der Waals surface area contributed by atoms with Gasteiger partial charge in [-0.05, 0) is 42.0 Å². The molecule has 166 valence electrons. The van der Waals surface area contributed by atoms with Crippen LogP contribution in [0.15, 0.2) is 82.4 Å². The van der Waals surface area contributed by atoms with E-state index in [9.17, 15) is 9.59 Å². The lowest BCUT2D eigenvalue weighted by molar-refractivity contribution is -0.123. The van der Waals surface area contributed by atoms with Crippen LogP contribution < -0.4 is 14.9 Å². The molecule has 1 amide bonds. The Kier molecular flexibility index (Phi) is 7.39. The first-order valence-electron chi connectivity index (χ1n) is 9.69. The van der Waals surface area contributed by atoms with Gasteiger partial charge in [0.25, 0.3) is 5.91 Å². The summed E-state index contributed by atoms with van der Waals surface area (Å²) in [5.41, 5.74) is 3.03. The fourth-order valence-corrected chi connectivity index (χ4v) is 4.64. The number of nitrogens with one attached hydrogen (secondary N) is 1. The fourth-order valence-electron chi connectivity index (χ4n) is 2.87. The number of carbonyl (C=O) groups is 2. The van der Waals surface area contributed by atoms with Gasteiger partial charge in [-0.1, -0.05) is 63.9 Å². The SMILES string of the molecule is O=C(COc1cccc(Br)c1)N/N=C/c1cccc(OC(=O)c2sc3ccccc3c2Cl)c1. The molecular weight excluding hydrogens is 528 g/mol. The second kappa shape index (κ2) is 10.6. The first kappa shape index (κ1) is 23.0. The molecule has 6 nitrogen and oxygen atoms in total. The highest BCUT2D eigenvalue weighted by atomic mass is 79.9. The smallest absolute Gasteiger partial charge is 0.355 e. The minimum Gasteiger partial charge on any atom is -0.484 e. The van der Waals surface area contributed by atoms with Gasteiger partial charge in [-0.3, -0.25) is 4.79 Å². The Hall–Kier alpha value is -3.20. The third-order valence-corrected chi connectivity index (χ3v) is 6.51. The van der Waals surface area contributed by atoms with Crippen LogP contribution in [0.1, 0.15) is 15.2 Å². The number of benzene rings is 3. The molecule has 4 aromatic rings. The summed E-state index contributed by atoms with van der Waals surface area (Å²) in [6.07, 6.45) is 1.45. The number of halogens is 2. The van der Waals surface area contributed by atoms with E-state index in [-0.39, 0.29) is 6.61 Å². The molecule has 0 aliphatic carbocycles. The number of hydrogen-bond acceptors (Lipinski definition) is 6. The van der Waals surface area contributed by atoms with E-state index in [4.69, 9.17) is 21.1 Å². The number of thiophene rings is 1. The minimum absolute atomic E-state index is 0.179. The van der Waals surface area contributed by atoms with E-state index in [0.29, 0.717) is 27.0 Å². The molecule has 0 unspecified atom stereocenters. The van der Waals surface area contributed by atoms with E-state index in [1.807, 2.05) is 36.4 Å². The number of ether oxygens (including phenoxy) is 2. The molecule has 1 aromatic heterocycles. The van der Waals surface area contributed by atoms with Gasteiger partial charge in [0.15, 0.2) is 6.61 Å². The molecule has 0 spiro atoms. The average Bonchev–Trinajstić information content (AvgIpc) is 3.15. The van der Waals surface area contributed by atoms with E-state index in [1.54, 1.807) is 36.4 Å². The predicted molar refractivity (Wildman–Crippen MR) is 134 cm³/mol. The van der Waals surface area contributed by atoms with Gasteiger partial charge < -0.3 is 9.47 Å². The highest BCUT2D eigenvalue weighted by Gasteiger charge is 2.19. The molecule has 9 heteroatoms. The summed E-state index contributed by atoms with van der Waals surface area (Å²) < 4.78 is 12.7. The maximum atomic E-state index is 12.6. The molecule has 0 aliphatic rings. The summed E-state index contributed by atoms with van der Waals surface area (Å²) in [5, 5.41) is 5.12. The molecule has 0 fully saturated rings. The van der Waals surface area contributed by atoms with E-state index < -0.39 is 11.9 Å². The van der Waals surface area contributed by atoms with Crippen LogP contribution in [-0.4, -0.2) is 24.7 Å². The summed E-state index contributed by atoms with van der Waals surface area (Å²) >= 11 is 11.0. The number of amides is 1. The molecular formula is C24H16BrClN2O4S. The maximum Gasteiger partial charge on any atom is 0.355 e. The Balaban J connectivity index is 1.34. The predicted octanol–water partition coefficient (Wildman–Crippen LogP) is 6.07. The van der Waals surface area contributed by atoms with E-state index in [0.717, 1.165) is 14.6 Å². The van der Waals surface area contributed by atoms with Gasteiger partial charge in [0.2, 0.25) is 0 Å². The van der Waals surface area contributed by atoms with Gasteiger partial charge in [0.1, 0.15) is 16.4 Å². The second-order valence-electron chi connectivity index (χ2n) is 6.74. The van der Waals surface area contributed by atoms with Crippen molar-refractivity contribution in [3.05, 3.63) is 92.7 Å². The van der Waals surface area contributed by atoms with Gasteiger partial charge in [-0.15, -0.1) is 11.3 Å². The zero-order valence-electron chi connectivity index (χ0n) is 17.0. The summed E-state index contributed by atoms with van der Waals surface area (Å²) in [6, 6.07) is 21.5. The first-order chi connectivity index (χ1) is 16.0. The number of carbonyl (C=O) groups excluding carboxylic acids is 2.